The smallest absolute Gasteiger partial charge is 0.317 e. The molecule has 1 fully saturated rings. The lowest BCUT2D eigenvalue weighted by molar-refractivity contribution is -0.141. The van der Waals surface area contributed by atoms with Crippen LogP contribution in [0.2, 0.25) is 0 Å². The highest BCUT2D eigenvalue weighted by atomic mass is 19.1. The lowest BCUT2D eigenvalue weighted by Crippen LogP contribution is -2.26. The van der Waals surface area contributed by atoms with E-state index in [0.29, 0.717) is 0 Å². The van der Waals surface area contributed by atoms with Gasteiger partial charge in [0.15, 0.2) is 5.78 Å². The molecule has 0 amide bonds. The van der Waals surface area contributed by atoms with Crippen LogP contribution < -0.4 is 0 Å². The van der Waals surface area contributed by atoms with Crippen LogP contribution in [0, 0.1) is 17.0 Å². The fourth-order valence-corrected chi connectivity index (χ4v) is 1.59. The standard InChI is InChI=1S/C11H8F2O3/c12-6-1-2-8(13)7(5-6)9(14)11(3-4-11)10(15)16/h1-2,5H,3-4H2,(H,15,16). The summed E-state index contributed by atoms with van der Waals surface area (Å²) in [5.41, 5.74) is -2.02. The number of halogens is 2. The first kappa shape index (κ1) is 10.7. The first-order valence-electron chi connectivity index (χ1n) is 4.70. The highest BCUT2D eigenvalue weighted by Crippen LogP contribution is 2.48. The number of ketones is 1. The van der Waals surface area contributed by atoms with Crippen molar-refractivity contribution in [2.75, 3.05) is 0 Å². The van der Waals surface area contributed by atoms with Crippen molar-refractivity contribution in [1.29, 1.82) is 0 Å². The molecule has 0 aromatic heterocycles. The number of hydrogen-bond donors (Lipinski definition) is 1. The van der Waals surface area contributed by atoms with Crippen molar-refractivity contribution in [3.63, 3.8) is 0 Å². The molecule has 84 valence electrons. The van der Waals surface area contributed by atoms with Crippen LogP contribution in [0.15, 0.2) is 18.2 Å². The van der Waals surface area contributed by atoms with Gasteiger partial charge in [-0.1, -0.05) is 0 Å². The molecule has 0 radical (unpaired) electrons. The predicted octanol–water partition coefficient (Wildman–Crippen LogP) is 2.01. The molecular formula is C11H8F2O3. The molecule has 0 heterocycles. The summed E-state index contributed by atoms with van der Waals surface area (Å²) in [7, 11) is 0. The zero-order valence-electron chi connectivity index (χ0n) is 8.17. The van der Waals surface area contributed by atoms with Gasteiger partial charge in [-0.25, -0.2) is 8.78 Å². The maximum atomic E-state index is 13.3. The summed E-state index contributed by atoms with van der Waals surface area (Å²) in [6.07, 6.45) is 0.355. The van der Waals surface area contributed by atoms with Crippen molar-refractivity contribution in [3.8, 4) is 0 Å². The third-order valence-corrected chi connectivity index (χ3v) is 2.77. The minimum Gasteiger partial charge on any atom is -0.480 e. The Hall–Kier alpha value is -1.78. The third-order valence-electron chi connectivity index (χ3n) is 2.77. The molecule has 0 unspecified atom stereocenters. The molecule has 3 nitrogen and oxygen atoms in total. The molecule has 0 bridgehead atoms. The van der Waals surface area contributed by atoms with Crippen LogP contribution in [0.25, 0.3) is 0 Å². The van der Waals surface area contributed by atoms with Crippen LogP contribution in [0.1, 0.15) is 23.2 Å². The van der Waals surface area contributed by atoms with E-state index >= 15 is 0 Å². The number of carbonyl (C=O) groups excluding carboxylic acids is 1. The Kier molecular flexibility index (Phi) is 2.26. The van der Waals surface area contributed by atoms with Crippen molar-refractivity contribution in [1.82, 2.24) is 0 Å². The Morgan fingerprint density at radius 3 is 2.38 bits per heavy atom. The molecule has 1 aliphatic rings. The maximum absolute atomic E-state index is 13.3. The second-order valence-electron chi connectivity index (χ2n) is 3.84. The van der Waals surface area contributed by atoms with Crippen LogP contribution in [0.5, 0.6) is 0 Å². The minimum atomic E-state index is -1.53. The molecule has 1 saturated carbocycles. The summed E-state index contributed by atoms with van der Waals surface area (Å²) < 4.78 is 26.1. The number of Topliss-reactive ketones (excluding diaryl/α,β-unsaturated/α-hetero) is 1. The molecule has 0 spiro atoms. The summed E-state index contributed by atoms with van der Waals surface area (Å²) >= 11 is 0. The number of hydrogen-bond acceptors (Lipinski definition) is 2. The number of carbonyl (C=O) groups is 2. The van der Waals surface area contributed by atoms with E-state index < -0.39 is 34.4 Å². The lowest BCUT2D eigenvalue weighted by atomic mass is 9.94. The number of carboxylic acid groups (broad SMARTS) is 1. The highest BCUT2D eigenvalue weighted by Gasteiger charge is 2.57. The summed E-state index contributed by atoms with van der Waals surface area (Å²) in [5.74, 6) is -3.77. The zero-order chi connectivity index (χ0) is 11.9. The molecule has 16 heavy (non-hydrogen) atoms. The summed E-state index contributed by atoms with van der Waals surface area (Å²) in [5, 5.41) is 8.86. The van der Waals surface area contributed by atoms with Gasteiger partial charge in [0, 0.05) is 0 Å². The SMILES string of the molecule is O=C(O)C1(C(=O)c2cc(F)ccc2F)CC1. The third kappa shape index (κ3) is 1.48. The Bertz CT molecular complexity index is 478. The largest absolute Gasteiger partial charge is 0.480 e. The Morgan fingerprint density at radius 1 is 1.25 bits per heavy atom. The monoisotopic (exact) mass is 226 g/mol. The number of rotatable bonds is 3. The Balaban J connectivity index is 2.42. The molecule has 1 N–H and O–H groups in total. The van der Waals surface area contributed by atoms with Gasteiger partial charge in [0.25, 0.3) is 0 Å². The van der Waals surface area contributed by atoms with Gasteiger partial charge in [0.1, 0.15) is 17.0 Å². The molecular weight excluding hydrogens is 218 g/mol. The average Bonchev–Trinajstić information content (AvgIpc) is 3.01. The first-order valence-corrected chi connectivity index (χ1v) is 4.70. The summed E-state index contributed by atoms with van der Waals surface area (Å²) in [6.45, 7) is 0. The van der Waals surface area contributed by atoms with Crippen LogP contribution in [0.3, 0.4) is 0 Å². The quantitative estimate of drug-likeness (QED) is 0.633. The van der Waals surface area contributed by atoms with Crippen molar-refractivity contribution in [2.24, 2.45) is 5.41 Å². The van der Waals surface area contributed by atoms with Crippen LogP contribution >= 0.6 is 0 Å². The topological polar surface area (TPSA) is 54.4 Å². The molecule has 2 rings (SSSR count). The normalized spacial score (nSPS) is 16.9. The second kappa shape index (κ2) is 3.37. The zero-order valence-corrected chi connectivity index (χ0v) is 8.17. The van der Waals surface area contributed by atoms with E-state index in [1.807, 2.05) is 0 Å². The minimum absolute atomic E-state index is 0.178. The van der Waals surface area contributed by atoms with Crippen LogP contribution in [-0.2, 0) is 4.79 Å². The van der Waals surface area contributed by atoms with E-state index in [1.165, 1.54) is 0 Å². The van der Waals surface area contributed by atoms with Gasteiger partial charge < -0.3 is 5.11 Å². The van der Waals surface area contributed by atoms with E-state index in [-0.39, 0.29) is 12.8 Å². The fraction of sp³-hybridized carbons (Fsp3) is 0.273. The maximum Gasteiger partial charge on any atom is 0.317 e. The second-order valence-corrected chi connectivity index (χ2v) is 3.84. The number of carboxylic acids is 1. The van der Waals surface area contributed by atoms with Gasteiger partial charge >= 0.3 is 5.97 Å². The molecule has 1 aliphatic carbocycles. The van der Waals surface area contributed by atoms with Gasteiger partial charge in [-0.3, -0.25) is 9.59 Å². The average molecular weight is 226 g/mol. The van der Waals surface area contributed by atoms with Gasteiger partial charge in [0.05, 0.1) is 5.56 Å². The molecule has 5 heteroatoms. The van der Waals surface area contributed by atoms with Gasteiger partial charge in [0.2, 0.25) is 0 Å². The van der Waals surface area contributed by atoms with E-state index in [2.05, 4.69) is 0 Å². The van der Waals surface area contributed by atoms with E-state index in [9.17, 15) is 18.4 Å². The molecule has 0 saturated heterocycles. The van der Waals surface area contributed by atoms with E-state index in [4.69, 9.17) is 5.11 Å². The van der Waals surface area contributed by atoms with E-state index in [0.717, 1.165) is 18.2 Å². The molecule has 1 aromatic rings. The van der Waals surface area contributed by atoms with Crippen molar-refractivity contribution in [3.05, 3.63) is 35.4 Å². The molecule has 1 aromatic carbocycles. The first-order chi connectivity index (χ1) is 7.47. The van der Waals surface area contributed by atoms with Crippen LogP contribution in [-0.4, -0.2) is 16.9 Å². The van der Waals surface area contributed by atoms with Crippen molar-refractivity contribution < 1.29 is 23.5 Å². The number of benzene rings is 1. The highest BCUT2D eigenvalue weighted by molar-refractivity contribution is 6.14. The van der Waals surface area contributed by atoms with Gasteiger partial charge in [-0.15, -0.1) is 0 Å². The Labute approximate surface area is 89.7 Å². The number of aliphatic carboxylic acids is 1. The fourth-order valence-electron chi connectivity index (χ4n) is 1.59. The van der Waals surface area contributed by atoms with Gasteiger partial charge in [-0.2, -0.15) is 0 Å². The summed E-state index contributed by atoms with van der Waals surface area (Å²) in [6, 6.07) is 2.44. The molecule has 0 aliphatic heterocycles. The van der Waals surface area contributed by atoms with Crippen LogP contribution in [0.4, 0.5) is 8.78 Å². The predicted molar refractivity (Wildman–Crippen MR) is 50.0 cm³/mol. The Morgan fingerprint density at radius 2 is 1.88 bits per heavy atom. The summed E-state index contributed by atoms with van der Waals surface area (Å²) in [4.78, 5) is 22.6. The molecule has 0 atom stereocenters. The van der Waals surface area contributed by atoms with Gasteiger partial charge in [-0.05, 0) is 31.0 Å². The lowest BCUT2D eigenvalue weighted by Gasteiger charge is -2.09. The van der Waals surface area contributed by atoms with Crippen molar-refractivity contribution in [2.45, 2.75) is 12.8 Å². The van der Waals surface area contributed by atoms with Crippen molar-refractivity contribution >= 4 is 11.8 Å². The van der Waals surface area contributed by atoms with E-state index in [1.54, 1.807) is 0 Å².